The van der Waals surface area contributed by atoms with Gasteiger partial charge in [-0.05, 0) is 45.2 Å². The summed E-state index contributed by atoms with van der Waals surface area (Å²) in [5, 5.41) is 55.6. The number of amides is 1. The Morgan fingerprint density at radius 2 is 1.67 bits per heavy atom. The van der Waals surface area contributed by atoms with Crippen LogP contribution in [0.3, 0.4) is 0 Å². The molecule has 4 heterocycles. The summed E-state index contributed by atoms with van der Waals surface area (Å²) in [6.45, 7) is 15.9. The molecule has 15 heteroatoms. The molecule has 0 unspecified atom stereocenters. The van der Waals surface area contributed by atoms with Crippen LogP contribution < -0.4 is 10.1 Å². The van der Waals surface area contributed by atoms with Crippen LogP contribution in [0.5, 0.6) is 23.0 Å². The molecule has 0 aliphatic carbocycles. The highest BCUT2D eigenvalue weighted by atomic mass is 16.7. The molecular weight excluding hydrogens is 748 g/mol. The Balaban J connectivity index is 1.69. The van der Waals surface area contributed by atoms with Gasteiger partial charge < -0.3 is 49.6 Å². The van der Waals surface area contributed by atoms with Crippen LogP contribution in [0.15, 0.2) is 41.2 Å². The monoisotopic (exact) mass is 806 g/mol. The van der Waals surface area contributed by atoms with Crippen LogP contribution in [0.1, 0.15) is 76.4 Å². The number of phenols is 3. The highest BCUT2D eigenvalue weighted by Gasteiger charge is 2.50. The molecule has 15 nitrogen and oxygen atoms in total. The molecule has 1 saturated heterocycles. The number of likely N-dealkylation sites (N-methyl/N-ethyl adjacent to an activating group) is 1. The van der Waals surface area contributed by atoms with Gasteiger partial charge in [0, 0.05) is 75.5 Å². The molecule has 8 atom stereocenters. The minimum absolute atomic E-state index is 0.0243. The first-order valence-electron chi connectivity index (χ1n) is 19.7. The normalized spacial score (nSPS) is 31.1. The van der Waals surface area contributed by atoms with Crippen LogP contribution >= 0.6 is 0 Å². The lowest BCUT2D eigenvalue weighted by Crippen LogP contribution is -2.44. The number of carbonyl (C=O) groups excluding carboxylic acids is 3. The van der Waals surface area contributed by atoms with Crippen molar-refractivity contribution in [1.82, 2.24) is 9.91 Å². The lowest BCUT2D eigenvalue weighted by Gasteiger charge is -2.36. The summed E-state index contributed by atoms with van der Waals surface area (Å²) in [5.74, 6) is -6.83. The van der Waals surface area contributed by atoms with Crippen molar-refractivity contribution in [2.24, 2.45) is 28.8 Å². The Morgan fingerprint density at radius 1 is 1.00 bits per heavy atom. The van der Waals surface area contributed by atoms with Crippen LogP contribution in [0, 0.1) is 30.6 Å². The number of piperazine rings is 1. The highest BCUT2D eigenvalue weighted by molar-refractivity contribution is 6.23. The topological polar surface area (TPSA) is 200 Å². The molecule has 0 radical (unpaired) electrons. The molecule has 2 aromatic carbocycles. The average Bonchev–Trinajstić information content (AvgIpc) is 3.44. The molecule has 5 bridgehead atoms. The Kier molecular flexibility index (Phi) is 13.5. The van der Waals surface area contributed by atoms with Gasteiger partial charge in [0.2, 0.25) is 0 Å². The molecule has 5 N–H and O–H groups in total. The molecule has 1 amide bonds. The maximum atomic E-state index is 14.4. The molecule has 58 heavy (non-hydrogen) atoms. The van der Waals surface area contributed by atoms with Crippen molar-refractivity contribution in [1.29, 1.82) is 0 Å². The zero-order chi connectivity index (χ0) is 42.8. The van der Waals surface area contributed by atoms with E-state index in [1.54, 1.807) is 30.2 Å². The number of aromatic hydroxyl groups is 3. The number of allylic oxidation sites excluding steroid dienone is 3. The van der Waals surface area contributed by atoms with Crippen molar-refractivity contribution < 1.29 is 53.8 Å². The van der Waals surface area contributed by atoms with Gasteiger partial charge in [-0.2, -0.15) is 5.10 Å². The van der Waals surface area contributed by atoms with E-state index in [0.29, 0.717) is 19.5 Å². The second kappa shape index (κ2) is 17.8. The number of hydrogen-bond acceptors (Lipinski definition) is 14. The second-order valence-electron chi connectivity index (χ2n) is 16.1. The van der Waals surface area contributed by atoms with Gasteiger partial charge in [-0.3, -0.25) is 19.4 Å². The zero-order valence-corrected chi connectivity index (χ0v) is 35.0. The number of fused-ring (bicyclic) bond motifs is 14. The summed E-state index contributed by atoms with van der Waals surface area (Å²) in [4.78, 5) is 42.6. The number of benzene rings is 2. The molecule has 0 aromatic heterocycles. The average molecular weight is 807 g/mol. The van der Waals surface area contributed by atoms with Crippen molar-refractivity contribution in [2.45, 2.75) is 85.9 Å². The third kappa shape index (κ3) is 8.81. The van der Waals surface area contributed by atoms with Crippen LogP contribution in [0.4, 0.5) is 5.69 Å². The summed E-state index contributed by atoms with van der Waals surface area (Å²) < 4.78 is 23.7. The van der Waals surface area contributed by atoms with Gasteiger partial charge >= 0.3 is 11.8 Å². The Bertz CT molecular complexity index is 2040. The number of nitrogens with zero attached hydrogens (tertiary/aromatic N) is 3. The number of Topliss-reactive ketones (excluding diaryl/α,β-unsaturated/α-hetero) is 1. The SMILES string of the molecule is CO[C@@H]1/C=C/O[C@@]2(C)Oc3c(C)c(O)c4c(O)c(c(/C=N\N5CCN(C)CC5)c(O)c4c3C2=O)NC(=O)/C(C)=C\C=C\[C@H](C)C[C@H](C)[C@H](O)[C@H](C)[C@@H](OC(C)=O)[C@@H]1C. The van der Waals surface area contributed by atoms with Crippen LogP contribution in [0.2, 0.25) is 0 Å². The number of carbonyl (C=O) groups is 3. The maximum Gasteiger partial charge on any atom is 0.312 e. The molecule has 4 aliphatic rings. The van der Waals surface area contributed by atoms with E-state index < -0.39 is 70.8 Å². The van der Waals surface area contributed by atoms with Gasteiger partial charge in [-0.25, -0.2) is 0 Å². The van der Waals surface area contributed by atoms with Crippen molar-refractivity contribution in [3.8, 4) is 23.0 Å². The van der Waals surface area contributed by atoms with Gasteiger partial charge in [0.05, 0.1) is 46.9 Å². The fraction of sp³-hybridized carbons (Fsp3) is 0.535. The molecule has 2 aromatic rings. The van der Waals surface area contributed by atoms with E-state index in [9.17, 15) is 34.8 Å². The number of aliphatic hydroxyl groups is 1. The molecule has 6 rings (SSSR count). The summed E-state index contributed by atoms with van der Waals surface area (Å²) in [6, 6.07) is 0. The van der Waals surface area contributed by atoms with E-state index in [1.165, 1.54) is 40.4 Å². The number of esters is 1. The Hall–Kier alpha value is -5.12. The number of ether oxygens (including phenoxy) is 4. The van der Waals surface area contributed by atoms with Crippen LogP contribution in [0.25, 0.3) is 10.8 Å². The van der Waals surface area contributed by atoms with Gasteiger partial charge in [-0.15, -0.1) is 0 Å². The minimum atomic E-state index is -2.01. The third-order valence-electron chi connectivity index (χ3n) is 11.6. The molecule has 1 fully saturated rings. The first-order chi connectivity index (χ1) is 27.3. The number of hydrogen-bond donors (Lipinski definition) is 5. The second-order valence-corrected chi connectivity index (χ2v) is 16.1. The summed E-state index contributed by atoms with van der Waals surface area (Å²) in [5.41, 5.74) is -0.149. The molecule has 0 saturated carbocycles. The molecule has 0 spiro atoms. The zero-order valence-electron chi connectivity index (χ0n) is 35.0. The minimum Gasteiger partial charge on any atom is -0.507 e. The standard InChI is InChI=1S/C43H58N4O11/c1-22-12-11-13-23(2)42(54)45-34-29(21-44-47-17-15-46(9)16-18-47)37(51)31-32(38(34)52)36(50)27(6)40-33(31)41(53)43(8,58-40)56-19-14-30(55-10)25(4)39(57-28(7)48)26(5)35(49)24(3)20-22/h11-14,19,21-22,24-26,30,35,39,49-52H,15-18,20H2,1-10H3,(H,45,54)/b12-11+,19-14+,23-13-,44-21-/t22-,24-,25+,26-,30+,35-,39-,43-/m0/s1. The number of hydrazone groups is 1. The van der Waals surface area contributed by atoms with Crippen LogP contribution in [-0.4, -0.2) is 119 Å². The fourth-order valence-electron chi connectivity index (χ4n) is 7.99. The lowest BCUT2D eigenvalue weighted by atomic mass is 9.79. The number of ketones is 1. The van der Waals surface area contributed by atoms with Gasteiger partial charge in [0.25, 0.3) is 11.7 Å². The van der Waals surface area contributed by atoms with E-state index in [1.807, 2.05) is 40.8 Å². The predicted octanol–water partition coefficient (Wildman–Crippen LogP) is 5.36. The van der Waals surface area contributed by atoms with Crippen molar-refractivity contribution in [3.05, 3.63) is 52.8 Å². The van der Waals surface area contributed by atoms with E-state index in [2.05, 4.69) is 15.3 Å². The van der Waals surface area contributed by atoms with E-state index in [0.717, 1.165) is 13.1 Å². The van der Waals surface area contributed by atoms with Crippen molar-refractivity contribution in [3.63, 3.8) is 0 Å². The summed E-state index contributed by atoms with van der Waals surface area (Å²) >= 11 is 0. The lowest BCUT2D eigenvalue weighted by molar-refractivity contribution is -0.159. The number of anilines is 1. The highest BCUT2D eigenvalue weighted by Crippen LogP contribution is 2.55. The van der Waals surface area contributed by atoms with Gasteiger partial charge in [-0.1, -0.05) is 45.9 Å². The number of methoxy groups -OCH3 is 1. The Morgan fingerprint density at radius 3 is 2.31 bits per heavy atom. The number of rotatable bonds is 4. The first kappa shape index (κ1) is 44.0. The third-order valence-corrected chi connectivity index (χ3v) is 11.6. The number of nitrogens with one attached hydrogen (secondary N) is 1. The van der Waals surface area contributed by atoms with Crippen LogP contribution in [-0.2, 0) is 23.8 Å². The molecule has 316 valence electrons. The number of aliphatic hydroxyl groups excluding tert-OH is 1. The smallest absolute Gasteiger partial charge is 0.312 e. The maximum absolute atomic E-state index is 14.4. The first-order valence-corrected chi connectivity index (χ1v) is 19.7. The summed E-state index contributed by atoms with van der Waals surface area (Å²) in [6.07, 6.45) is 7.55. The fourth-order valence-corrected chi connectivity index (χ4v) is 7.99. The van der Waals surface area contributed by atoms with E-state index in [4.69, 9.17) is 18.9 Å². The number of phenolic OH excluding ortho intramolecular Hbond substituents is 3. The largest absolute Gasteiger partial charge is 0.507 e. The molecular formula is C43H58N4O11. The Labute approximate surface area is 339 Å². The van der Waals surface area contributed by atoms with E-state index >= 15 is 0 Å². The molecule has 4 aliphatic heterocycles. The van der Waals surface area contributed by atoms with Crippen molar-refractivity contribution in [2.75, 3.05) is 45.7 Å². The van der Waals surface area contributed by atoms with Crippen molar-refractivity contribution >= 4 is 40.3 Å². The van der Waals surface area contributed by atoms with Gasteiger partial charge in [0.15, 0.2) is 5.75 Å². The van der Waals surface area contributed by atoms with E-state index in [-0.39, 0.29) is 56.3 Å². The predicted molar refractivity (Wildman–Crippen MR) is 219 cm³/mol. The quantitative estimate of drug-likeness (QED) is 0.115. The summed E-state index contributed by atoms with van der Waals surface area (Å²) in [7, 11) is 3.47. The van der Waals surface area contributed by atoms with Gasteiger partial charge in [0.1, 0.15) is 23.4 Å².